The van der Waals surface area contributed by atoms with Gasteiger partial charge in [-0.3, -0.25) is 14.4 Å². The highest BCUT2D eigenvalue weighted by molar-refractivity contribution is 6.07. The molecule has 2 aromatic carbocycles. The Balaban J connectivity index is 1.52. The van der Waals surface area contributed by atoms with Crippen LogP contribution in [0.25, 0.3) is 0 Å². The number of carboxylic acids is 1. The lowest BCUT2D eigenvalue weighted by atomic mass is 9.80. The number of nitrogens with zero attached hydrogens (tertiary/aromatic N) is 2. The van der Waals surface area contributed by atoms with E-state index in [1.807, 2.05) is 36.1 Å². The number of ether oxygens (including phenoxy) is 1. The summed E-state index contributed by atoms with van der Waals surface area (Å²) >= 11 is 0. The van der Waals surface area contributed by atoms with Gasteiger partial charge >= 0.3 is 12.3 Å². The SMILES string of the molecule is CC1(N(C(=O)CCC(=O)O)[C@H]2c3ccccc3N(C(=O)c3ccc(OC(F)(F)F)cc3)[C@H]3CCC[C@@H]32)CC1. The summed E-state index contributed by atoms with van der Waals surface area (Å²) in [5.74, 6) is -2.00. The number of rotatable bonds is 7. The molecule has 0 saturated heterocycles. The van der Waals surface area contributed by atoms with Crippen molar-refractivity contribution in [2.24, 2.45) is 5.92 Å². The van der Waals surface area contributed by atoms with Gasteiger partial charge in [0.05, 0.1) is 12.5 Å². The Hall–Kier alpha value is -3.56. The van der Waals surface area contributed by atoms with Crippen LogP contribution in [-0.4, -0.2) is 45.7 Å². The third-order valence-corrected chi connectivity index (χ3v) is 7.99. The van der Waals surface area contributed by atoms with Crippen molar-refractivity contribution < 1.29 is 37.4 Å². The Bertz CT molecular complexity index is 1240. The molecular weight excluding hydrogens is 501 g/mol. The number of carbonyl (C=O) groups is 3. The fourth-order valence-corrected chi connectivity index (χ4v) is 6.10. The monoisotopic (exact) mass is 530 g/mol. The minimum absolute atomic E-state index is 0.0483. The number of hydrogen-bond donors (Lipinski definition) is 1. The van der Waals surface area contributed by atoms with Crippen LogP contribution in [0.3, 0.4) is 0 Å². The van der Waals surface area contributed by atoms with E-state index in [9.17, 15) is 32.7 Å². The number of aliphatic carboxylic acids is 1. The van der Waals surface area contributed by atoms with Gasteiger partial charge in [-0.25, -0.2) is 0 Å². The maximum Gasteiger partial charge on any atom is 0.573 e. The summed E-state index contributed by atoms with van der Waals surface area (Å²) in [4.78, 5) is 42.1. The second-order valence-corrected chi connectivity index (χ2v) is 10.6. The third kappa shape index (κ3) is 4.96. The molecule has 0 unspecified atom stereocenters. The predicted molar refractivity (Wildman–Crippen MR) is 132 cm³/mol. The average molecular weight is 531 g/mol. The van der Waals surface area contributed by atoms with Gasteiger partial charge in [-0.15, -0.1) is 13.2 Å². The number of anilines is 1. The van der Waals surface area contributed by atoms with Gasteiger partial charge in [0.25, 0.3) is 5.91 Å². The lowest BCUT2D eigenvalue weighted by Crippen LogP contribution is -2.54. The second-order valence-electron chi connectivity index (χ2n) is 10.6. The van der Waals surface area contributed by atoms with E-state index in [0.717, 1.165) is 49.8 Å². The van der Waals surface area contributed by atoms with Crippen LogP contribution in [0.5, 0.6) is 5.75 Å². The Labute approximate surface area is 218 Å². The number of amides is 2. The number of para-hydroxylation sites is 1. The van der Waals surface area contributed by atoms with Crippen molar-refractivity contribution in [2.45, 2.75) is 75.9 Å². The smallest absolute Gasteiger partial charge is 0.481 e. The number of benzene rings is 2. The second kappa shape index (κ2) is 9.63. The summed E-state index contributed by atoms with van der Waals surface area (Å²) in [5, 5.41) is 9.18. The van der Waals surface area contributed by atoms with E-state index in [0.29, 0.717) is 5.69 Å². The van der Waals surface area contributed by atoms with E-state index < -0.39 is 18.1 Å². The minimum Gasteiger partial charge on any atom is -0.481 e. The molecule has 38 heavy (non-hydrogen) atoms. The topological polar surface area (TPSA) is 87.2 Å². The molecule has 1 N–H and O–H groups in total. The zero-order valence-corrected chi connectivity index (χ0v) is 20.9. The van der Waals surface area contributed by atoms with Crippen LogP contribution in [0.2, 0.25) is 0 Å². The maximum atomic E-state index is 13.8. The molecule has 3 aliphatic rings. The standard InChI is InChI=1S/C28H29F3N2O5/c1-27(15-16-27)33(23(34)13-14-24(35)36)25-19-5-2-3-7-21(19)32(22-8-4-6-20(22)25)26(37)17-9-11-18(12-10-17)38-28(29,30)31/h2-3,5,7,9-12,20,22,25H,4,6,8,13-16H2,1H3,(H,35,36)/t20-,22-,25-/m0/s1. The van der Waals surface area contributed by atoms with Gasteiger partial charge in [0.2, 0.25) is 5.91 Å². The van der Waals surface area contributed by atoms with E-state index in [2.05, 4.69) is 4.74 Å². The Morgan fingerprint density at radius 2 is 1.74 bits per heavy atom. The zero-order valence-electron chi connectivity index (χ0n) is 20.9. The zero-order chi connectivity index (χ0) is 27.2. The van der Waals surface area contributed by atoms with E-state index in [1.54, 1.807) is 4.90 Å². The van der Waals surface area contributed by atoms with Crippen LogP contribution in [-0.2, 0) is 9.59 Å². The number of halogens is 3. The molecule has 0 aromatic heterocycles. The molecule has 1 heterocycles. The van der Waals surface area contributed by atoms with E-state index in [4.69, 9.17) is 0 Å². The van der Waals surface area contributed by atoms with Crippen molar-refractivity contribution in [1.82, 2.24) is 4.90 Å². The fourth-order valence-electron chi connectivity index (χ4n) is 6.10. The molecule has 0 spiro atoms. The molecule has 2 saturated carbocycles. The quantitative estimate of drug-likeness (QED) is 0.496. The largest absolute Gasteiger partial charge is 0.573 e. The van der Waals surface area contributed by atoms with Gasteiger partial charge in [-0.1, -0.05) is 24.6 Å². The molecule has 2 aromatic rings. The lowest BCUT2D eigenvalue weighted by Gasteiger charge is -2.49. The summed E-state index contributed by atoms with van der Waals surface area (Å²) < 4.78 is 41.7. The first-order chi connectivity index (χ1) is 18.0. The van der Waals surface area contributed by atoms with E-state index in [1.165, 1.54) is 12.1 Å². The van der Waals surface area contributed by atoms with Gasteiger partial charge < -0.3 is 19.6 Å². The summed E-state index contributed by atoms with van der Waals surface area (Å²) in [7, 11) is 0. The van der Waals surface area contributed by atoms with Crippen molar-refractivity contribution in [2.75, 3.05) is 4.90 Å². The first kappa shape index (κ1) is 26.1. The first-order valence-electron chi connectivity index (χ1n) is 12.8. The number of alkyl halides is 3. The normalized spacial score (nSPS) is 23.3. The fraction of sp³-hybridized carbons (Fsp3) is 0.464. The number of carbonyl (C=O) groups excluding carboxylic acids is 2. The highest BCUT2D eigenvalue weighted by Crippen LogP contribution is 2.56. The number of carboxylic acid groups (broad SMARTS) is 1. The molecule has 0 radical (unpaired) electrons. The molecule has 2 amide bonds. The van der Waals surface area contributed by atoms with Crippen LogP contribution >= 0.6 is 0 Å². The number of hydrogen-bond acceptors (Lipinski definition) is 4. The van der Waals surface area contributed by atoms with Crippen LogP contribution in [0.4, 0.5) is 18.9 Å². The van der Waals surface area contributed by atoms with Crippen LogP contribution < -0.4 is 9.64 Å². The van der Waals surface area contributed by atoms with Gasteiger partial charge in [-0.2, -0.15) is 0 Å². The molecular formula is C28H29F3N2O5. The van der Waals surface area contributed by atoms with E-state index in [-0.39, 0.29) is 53.8 Å². The van der Waals surface area contributed by atoms with Crippen molar-refractivity contribution >= 4 is 23.5 Å². The summed E-state index contributed by atoms with van der Waals surface area (Å²) in [5.41, 5.74) is 1.38. The molecule has 2 fully saturated rings. The maximum absolute atomic E-state index is 13.8. The first-order valence-corrected chi connectivity index (χ1v) is 12.8. The van der Waals surface area contributed by atoms with Crippen molar-refractivity contribution in [1.29, 1.82) is 0 Å². The molecule has 5 rings (SSSR count). The summed E-state index contributed by atoms with van der Waals surface area (Å²) in [6.45, 7) is 2.03. The molecule has 3 atom stereocenters. The molecule has 10 heteroatoms. The molecule has 202 valence electrons. The minimum atomic E-state index is -4.82. The van der Waals surface area contributed by atoms with Crippen molar-refractivity contribution in [3.63, 3.8) is 0 Å². The van der Waals surface area contributed by atoms with Crippen molar-refractivity contribution in [3.8, 4) is 5.75 Å². The Morgan fingerprint density at radius 1 is 1.05 bits per heavy atom. The highest BCUT2D eigenvalue weighted by Gasteiger charge is 2.55. The molecule has 1 aliphatic heterocycles. The van der Waals surface area contributed by atoms with Crippen LogP contribution in [0, 0.1) is 5.92 Å². The van der Waals surface area contributed by atoms with Gasteiger partial charge in [0.1, 0.15) is 5.75 Å². The molecule has 7 nitrogen and oxygen atoms in total. The summed E-state index contributed by atoms with van der Waals surface area (Å²) in [6.07, 6.45) is -1.11. The predicted octanol–water partition coefficient (Wildman–Crippen LogP) is 5.70. The molecule has 0 bridgehead atoms. The van der Waals surface area contributed by atoms with E-state index >= 15 is 0 Å². The lowest BCUT2D eigenvalue weighted by molar-refractivity contribution is -0.274. The van der Waals surface area contributed by atoms with Gasteiger partial charge in [-0.05, 0) is 68.5 Å². The van der Waals surface area contributed by atoms with Gasteiger partial charge in [0, 0.05) is 35.2 Å². The Kier molecular flexibility index (Phi) is 6.61. The Morgan fingerprint density at radius 3 is 2.37 bits per heavy atom. The highest BCUT2D eigenvalue weighted by atomic mass is 19.4. The van der Waals surface area contributed by atoms with Crippen LogP contribution in [0.1, 0.15) is 73.8 Å². The summed E-state index contributed by atoms with van der Waals surface area (Å²) in [6, 6.07) is 11.9. The third-order valence-electron chi connectivity index (χ3n) is 7.99. The average Bonchev–Trinajstić information content (AvgIpc) is 3.41. The number of fused-ring (bicyclic) bond motifs is 2. The molecule has 2 aliphatic carbocycles. The van der Waals surface area contributed by atoms with Gasteiger partial charge in [0.15, 0.2) is 0 Å². The van der Waals surface area contributed by atoms with Crippen molar-refractivity contribution in [3.05, 3.63) is 59.7 Å². The van der Waals surface area contributed by atoms with Crippen LogP contribution in [0.15, 0.2) is 48.5 Å².